The van der Waals surface area contributed by atoms with E-state index in [4.69, 9.17) is 0 Å². The van der Waals surface area contributed by atoms with Gasteiger partial charge in [-0.1, -0.05) is 26.7 Å². The monoisotopic (exact) mass is 226 g/mol. The van der Waals surface area contributed by atoms with Gasteiger partial charge in [0.15, 0.2) is 0 Å². The highest BCUT2D eigenvalue weighted by molar-refractivity contribution is 5.75. The molecular weight excluding hydrogens is 200 g/mol. The minimum atomic E-state index is 0.192. The first-order valence-electron chi connectivity index (χ1n) is 6.68. The van der Waals surface area contributed by atoms with Gasteiger partial charge in [0.25, 0.3) is 0 Å². The van der Waals surface area contributed by atoms with Crippen molar-refractivity contribution in [1.82, 2.24) is 10.6 Å². The molecule has 3 nitrogen and oxygen atoms in total. The molecule has 0 unspecified atom stereocenters. The van der Waals surface area contributed by atoms with Gasteiger partial charge in [0.2, 0.25) is 5.91 Å². The number of amides is 1. The molecule has 0 atom stereocenters. The highest BCUT2D eigenvalue weighted by Gasteiger charge is 2.19. The van der Waals surface area contributed by atoms with E-state index in [1.54, 1.807) is 0 Å². The smallest absolute Gasteiger partial charge is 0.221 e. The van der Waals surface area contributed by atoms with Crippen LogP contribution in [0.4, 0.5) is 0 Å². The van der Waals surface area contributed by atoms with Crippen LogP contribution in [0.5, 0.6) is 0 Å². The van der Waals surface area contributed by atoms with E-state index < -0.39 is 0 Å². The standard InChI is InChI=1S/C13H26N2O/c1-11(2)5-3-4-9-15-13(16)8-10-14-12-6-7-12/h11-12,14H,3-10H2,1-2H3,(H,15,16). The van der Waals surface area contributed by atoms with Gasteiger partial charge in [0.05, 0.1) is 0 Å². The van der Waals surface area contributed by atoms with Crippen LogP contribution in [0.1, 0.15) is 52.4 Å². The Morgan fingerprint density at radius 2 is 2.00 bits per heavy atom. The summed E-state index contributed by atoms with van der Waals surface area (Å²) < 4.78 is 0. The molecule has 16 heavy (non-hydrogen) atoms. The molecule has 1 saturated carbocycles. The van der Waals surface area contributed by atoms with Crippen molar-refractivity contribution in [2.24, 2.45) is 5.92 Å². The van der Waals surface area contributed by atoms with Crippen molar-refractivity contribution in [3.05, 3.63) is 0 Å². The van der Waals surface area contributed by atoms with Gasteiger partial charge in [0.1, 0.15) is 0 Å². The summed E-state index contributed by atoms with van der Waals surface area (Å²) in [6.07, 6.45) is 6.80. The van der Waals surface area contributed by atoms with Crippen LogP contribution in [0, 0.1) is 5.92 Å². The summed E-state index contributed by atoms with van der Waals surface area (Å²) in [7, 11) is 0. The number of carbonyl (C=O) groups is 1. The molecular formula is C13H26N2O. The Morgan fingerprint density at radius 1 is 1.25 bits per heavy atom. The molecule has 0 heterocycles. The van der Waals surface area contributed by atoms with Crippen molar-refractivity contribution >= 4 is 5.91 Å². The number of hydrogen-bond donors (Lipinski definition) is 2. The fourth-order valence-electron chi connectivity index (χ4n) is 1.67. The molecule has 1 amide bonds. The van der Waals surface area contributed by atoms with Crippen molar-refractivity contribution < 1.29 is 4.79 Å². The number of rotatable bonds is 9. The molecule has 0 aromatic heterocycles. The third-order valence-corrected chi connectivity index (χ3v) is 2.89. The molecule has 1 rings (SSSR count). The Hall–Kier alpha value is -0.570. The summed E-state index contributed by atoms with van der Waals surface area (Å²) in [6.45, 7) is 6.15. The van der Waals surface area contributed by atoms with E-state index in [1.165, 1.54) is 25.7 Å². The molecule has 0 saturated heterocycles. The van der Waals surface area contributed by atoms with Crippen LogP contribution in [0.3, 0.4) is 0 Å². The van der Waals surface area contributed by atoms with Crippen molar-refractivity contribution in [2.45, 2.75) is 58.4 Å². The van der Waals surface area contributed by atoms with Crippen molar-refractivity contribution in [1.29, 1.82) is 0 Å². The van der Waals surface area contributed by atoms with E-state index in [9.17, 15) is 4.79 Å². The molecule has 0 radical (unpaired) electrons. The second kappa shape index (κ2) is 7.66. The molecule has 0 spiro atoms. The lowest BCUT2D eigenvalue weighted by Gasteiger charge is -2.07. The molecule has 94 valence electrons. The first kappa shape index (κ1) is 13.5. The Kier molecular flexibility index (Phi) is 6.46. The maximum absolute atomic E-state index is 11.4. The van der Waals surface area contributed by atoms with E-state index in [-0.39, 0.29) is 5.91 Å². The van der Waals surface area contributed by atoms with Crippen molar-refractivity contribution in [3.63, 3.8) is 0 Å². The third-order valence-electron chi connectivity index (χ3n) is 2.89. The average molecular weight is 226 g/mol. The van der Waals surface area contributed by atoms with Gasteiger partial charge in [-0.15, -0.1) is 0 Å². The first-order valence-corrected chi connectivity index (χ1v) is 6.68. The maximum atomic E-state index is 11.4. The molecule has 3 heteroatoms. The topological polar surface area (TPSA) is 41.1 Å². The molecule has 0 aliphatic heterocycles. The zero-order chi connectivity index (χ0) is 11.8. The molecule has 0 aromatic carbocycles. The number of carbonyl (C=O) groups excluding carboxylic acids is 1. The SMILES string of the molecule is CC(C)CCCCNC(=O)CCNC1CC1. The summed E-state index contributed by atoms with van der Waals surface area (Å²) in [5.74, 6) is 0.969. The summed E-state index contributed by atoms with van der Waals surface area (Å²) in [6, 6.07) is 0.707. The number of unbranched alkanes of at least 4 members (excludes halogenated alkanes) is 1. The minimum absolute atomic E-state index is 0.192. The van der Waals surface area contributed by atoms with Gasteiger partial charge in [-0.05, 0) is 25.2 Å². The highest BCUT2D eigenvalue weighted by Crippen LogP contribution is 2.18. The molecule has 1 aliphatic rings. The van der Waals surface area contributed by atoms with Gasteiger partial charge in [0, 0.05) is 25.6 Å². The van der Waals surface area contributed by atoms with Crippen LogP contribution in [-0.2, 0) is 4.79 Å². The molecule has 2 N–H and O–H groups in total. The van der Waals surface area contributed by atoms with Gasteiger partial charge in [-0.2, -0.15) is 0 Å². The van der Waals surface area contributed by atoms with Gasteiger partial charge >= 0.3 is 0 Å². The van der Waals surface area contributed by atoms with Gasteiger partial charge in [-0.25, -0.2) is 0 Å². The van der Waals surface area contributed by atoms with Crippen molar-refractivity contribution in [2.75, 3.05) is 13.1 Å². The quantitative estimate of drug-likeness (QED) is 0.591. The Labute approximate surface area is 99.4 Å². The number of hydrogen-bond acceptors (Lipinski definition) is 2. The normalized spacial score (nSPS) is 15.4. The van der Waals surface area contributed by atoms with Gasteiger partial charge < -0.3 is 10.6 Å². The van der Waals surface area contributed by atoms with Crippen LogP contribution in [0.2, 0.25) is 0 Å². The number of nitrogens with one attached hydrogen (secondary N) is 2. The van der Waals surface area contributed by atoms with Crippen LogP contribution in [-0.4, -0.2) is 25.0 Å². The summed E-state index contributed by atoms with van der Waals surface area (Å²) in [4.78, 5) is 11.4. The highest BCUT2D eigenvalue weighted by atomic mass is 16.1. The lowest BCUT2D eigenvalue weighted by atomic mass is 10.1. The molecule has 0 aromatic rings. The fourth-order valence-corrected chi connectivity index (χ4v) is 1.67. The fraction of sp³-hybridized carbons (Fsp3) is 0.923. The van der Waals surface area contributed by atoms with Crippen LogP contribution >= 0.6 is 0 Å². The van der Waals surface area contributed by atoms with Crippen LogP contribution in [0.15, 0.2) is 0 Å². The molecule has 1 aliphatic carbocycles. The summed E-state index contributed by atoms with van der Waals surface area (Å²) >= 11 is 0. The lowest BCUT2D eigenvalue weighted by molar-refractivity contribution is -0.121. The Bertz CT molecular complexity index is 200. The third kappa shape index (κ3) is 7.69. The Balaban J connectivity index is 1.81. The largest absolute Gasteiger partial charge is 0.356 e. The second-order valence-corrected chi connectivity index (χ2v) is 5.22. The summed E-state index contributed by atoms with van der Waals surface area (Å²) in [5.41, 5.74) is 0. The zero-order valence-corrected chi connectivity index (χ0v) is 10.7. The van der Waals surface area contributed by atoms with E-state index in [2.05, 4.69) is 24.5 Å². The predicted octanol–water partition coefficient (Wildman–Crippen LogP) is 2.07. The maximum Gasteiger partial charge on any atom is 0.221 e. The minimum Gasteiger partial charge on any atom is -0.356 e. The summed E-state index contributed by atoms with van der Waals surface area (Å²) in [5, 5.41) is 6.31. The molecule has 1 fully saturated rings. The van der Waals surface area contributed by atoms with Crippen LogP contribution in [0.25, 0.3) is 0 Å². The van der Waals surface area contributed by atoms with Crippen molar-refractivity contribution in [3.8, 4) is 0 Å². The zero-order valence-electron chi connectivity index (χ0n) is 10.7. The Morgan fingerprint density at radius 3 is 2.62 bits per heavy atom. The average Bonchev–Trinajstić information content (AvgIpc) is 3.00. The lowest BCUT2D eigenvalue weighted by Crippen LogP contribution is -2.29. The second-order valence-electron chi connectivity index (χ2n) is 5.22. The van der Waals surface area contributed by atoms with E-state index in [1.807, 2.05) is 0 Å². The van der Waals surface area contributed by atoms with Crippen LogP contribution < -0.4 is 10.6 Å². The molecule has 0 bridgehead atoms. The predicted molar refractivity (Wildman–Crippen MR) is 67.3 cm³/mol. The van der Waals surface area contributed by atoms with E-state index >= 15 is 0 Å². The van der Waals surface area contributed by atoms with E-state index in [0.29, 0.717) is 12.5 Å². The first-order chi connectivity index (χ1) is 7.68. The van der Waals surface area contributed by atoms with E-state index in [0.717, 1.165) is 25.4 Å². The van der Waals surface area contributed by atoms with Gasteiger partial charge in [-0.3, -0.25) is 4.79 Å².